The number of nitrogens with one attached hydrogen (secondary N) is 1. The maximum atomic E-state index is 4.21. The zero-order valence-electron chi connectivity index (χ0n) is 11.1. The van der Waals surface area contributed by atoms with E-state index in [1.165, 1.54) is 0 Å². The van der Waals surface area contributed by atoms with E-state index in [0.29, 0.717) is 12.0 Å². The van der Waals surface area contributed by atoms with Crippen LogP contribution in [-0.4, -0.2) is 20.6 Å². The molecular weight excluding hydrogens is 248 g/mol. The number of hydrogen-bond acceptors (Lipinski definition) is 3. The van der Waals surface area contributed by atoms with E-state index in [1.807, 2.05) is 28.8 Å². The average molecular weight is 269 g/mol. The molecule has 100 valence electrons. The van der Waals surface area contributed by atoms with Crippen molar-refractivity contribution in [2.24, 2.45) is 5.92 Å². The summed E-state index contributed by atoms with van der Waals surface area (Å²) in [6.07, 6.45) is 3.14. The van der Waals surface area contributed by atoms with Crippen LogP contribution in [0.3, 0.4) is 0 Å². The first kappa shape index (κ1) is 14.9. The van der Waals surface area contributed by atoms with Gasteiger partial charge in [-0.15, -0.1) is 22.6 Å². The van der Waals surface area contributed by atoms with Gasteiger partial charge in [-0.1, -0.05) is 26.8 Å². The van der Waals surface area contributed by atoms with Gasteiger partial charge in [-0.2, -0.15) is 0 Å². The van der Waals surface area contributed by atoms with Gasteiger partial charge in [0.05, 0.1) is 6.54 Å². The summed E-state index contributed by atoms with van der Waals surface area (Å²) in [7, 11) is 0. The number of rotatable bonds is 5. The highest BCUT2D eigenvalue weighted by Gasteiger charge is 2.11. The molecule has 2 rings (SSSR count). The van der Waals surface area contributed by atoms with Crippen LogP contribution in [0.4, 0.5) is 0 Å². The van der Waals surface area contributed by atoms with E-state index in [0.717, 1.165) is 24.4 Å². The van der Waals surface area contributed by atoms with Crippen molar-refractivity contribution in [3.05, 3.63) is 30.2 Å². The molecule has 0 saturated heterocycles. The van der Waals surface area contributed by atoms with E-state index in [2.05, 4.69) is 36.3 Å². The van der Waals surface area contributed by atoms with Gasteiger partial charge in [0.25, 0.3) is 0 Å². The Bertz CT molecular complexity index is 481. The number of hydrogen-bond donors (Lipinski definition) is 1. The quantitative estimate of drug-likeness (QED) is 0.907. The van der Waals surface area contributed by atoms with Crippen LogP contribution < -0.4 is 5.32 Å². The molecule has 0 amide bonds. The van der Waals surface area contributed by atoms with Crippen molar-refractivity contribution in [2.75, 3.05) is 0 Å². The van der Waals surface area contributed by atoms with Crippen LogP contribution in [0.2, 0.25) is 0 Å². The van der Waals surface area contributed by atoms with Crippen molar-refractivity contribution >= 4 is 18.1 Å². The van der Waals surface area contributed by atoms with Crippen molar-refractivity contribution < 1.29 is 0 Å². The largest absolute Gasteiger partial charge is 0.307 e. The molecule has 0 aliphatic heterocycles. The third-order valence-electron chi connectivity index (χ3n) is 3.15. The molecule has 1 N–H and O–H groups in total. The van der Waals surface area contributed by atoms with Crippen LogP contribution in [0.15, 0.2) is 24.4 Å². The predicted molar refractivity (Wildman–Crippen MR) is 76.0 cm³/mol. The van der Waals surface area contributed by atoms with E-state index >= 15 is 0 Å². The van der Waals surface area contributed by atoms with E-state index in [-0.39, 0.29) is 12.4 Å². The van der Waals surface area contributed by atoms with Crippen molar-refractivity contribution in [3.8, 4) is 0 Å². The molecule has 2 aromatic heterocycles. The summed E-state index contributed by atoms with van der Waals surface area (Å²) in [4.78, 5) is 0. The van der Waals surface area contributed by atoms with E-state index < -0.39 is 0 Å². The number of fused-ring (bicyclic) bond motifs is 1. The van der Waals surface area contributed by atoms with Crippen LogP contribution in [0.25, 0.3) is 5.65 Å². The van der Waals surface area contributed by atoms with Crippen molar-refractivity contribution in [1.29, 1.82) is 0 Å². The second-order valence-electron chi connectivity index (χ2n) is 4.68. The Morgan fingerprint density at radius 1 is 1.28 bits per heavy atom. The fourth-order valence-corrected chi connectivity index (χ4v) is 2.09. The first-order valence-electron chi connectivity index (χ1n) is 6.24. The summed E-state index contributed by atoms with van der Waals surface area (Å²) in [5.74, 6) is 1.61. The topological polar surface area (TPSA) is 42.2 Å². The van der Waals surface area contributed by atoms with E-state index in [9.17, 15) is 0 Å². The summed E-state index contributed by atoms with van der Waals surface area (Å²) >= 11 is 0. The van der Waals surface area contributed by atoms with Gasteiger partial charge < -0.3 is 5.32 Å². The van der Waals surface area contributed by atoms with Crippen molar-refractivity contribution in [3.63, 3.8) is 0 Å². The van der Waals surface area contributed by atoms with Gasteiger partial charge in [-0.3, -0.25) is 4.40 Å². The van der Waals surface area contributed by atoms with Crippen LogP contribution in [0, 0.1) is 5.92 Å². The summed E-state index contributed by atoms with van der Waals surface area (Å²) < 4.78 is 2.03. The highest BCUT2D eigenvalue weighted by molar-refractivity contribution is 5.85. The molecular formula is C13H21ClN4. The molecule has 0 aliphatic carbocycles. The molecule has 2 aromatic rings. The average Bonchev–Trinajstić information content (AvgIpc) is 2.73. The second kappa shape index (κ2) is 6.71. The minimum absolute atomic E-state index is 0. The maximum absolute atomic E-state index is 4.21. The first-order chi connectivity index (χ1) is 8.22. The van der Waals surface area contributed by atoms with Crippen LogP contribution in [0.1, 0.15) is 33.0 Å². The van der Waals surface area contributed by atoms with Crippen LogP contribution >= 0.6 is 12.4 Å². The Morgan fingerprint density at radius 3 is 2.72 bits per heavy atom. The maximum Gasteiger partial charge on any atom is 0.160 e. The second-order valence-corrected chi connectivity index (χ2v) is 4.68. The standard InChI is InChI=1S/C13H20N4.ClH/c1-4-11(10(2)3)14-9-13-16-15-12-7-5-6-8-17(12)13;/h5-8,10-11,14H,4,9H2,1-3H3;1H. The third kappa shape index (κ3) is 3.21. The van der Waals surface area contributed by atoms with E-state index in [4.69, 9.17) is 0 Å². The highest BCUT2D eigenvalue weighted by Crippen LogP contribution is 2.07. The third-order valence-corrected chi connectivity index (χ3v) is 3.15. The minimum atomic E-state index is 0. The smallest absolute Gasteiger partial charge is 0.160 e. The summed E-state index contributed by atoms with van der Waals surface area (Å²) in [5.41, 5.74) is 0.905. The summed E-state index contributed by atoms with van der Waals surface area (Å²) in [5, 5.41) is 11.9. The summed E-state index contributed by atoms with van der Waals surface area (Å²) in [6.45, 7) is 7.45. The molecule has 0 saturated carbocycles. The number of halogens is 1. The van der Waals surface area contributed by atoms with Gasteiger partial charge in [-0.05, 0) is 24.5 Å². The molecule has 1 unspecified atom stereocenters. The lowest BCUT2D eigenvalue weighted by atomic mass is 10.0. The Hall–Kier alpha value is -1.13. The number of nitrogens with zero attached hydrogens (tertiary/aromatic N) is 3. The molecule has 0 aliphatic rings. The highest BCUT2D eigenvalue weighted by atomic mass is 35.5. The normalized spacial score (nSPS) is 12.7. The Balaban J connectivity index is 0.00000162. The molecule has 0 radical (unpaired) electrons. The van der Waals surface area contributed by atoms with Crippen LogP contribution in [0.5, 0.6) is 0 Å². The number of aromatic nitrogens is 3. The fourth-order valence-electron chi connectivity index (χ4n) is 2.09. The lowest BCUT2D eigenvalue weighted by Gasteiger charge is -2.20. The molecule has 0 fully saturated rings. The number of pyridine rings is 1. The van der Waals surface area contributed by atoms with Crippen LogP contribution in [-0.2, 0) is 6.54 Å². The molecule has 18 heavy (non-hydrogen) atoms. The van der Waals surface area contributed by atoms with Gasteiger partial charge in [0, 0.05) is 12.2 Å². The van der Waals surface area contributed by atoms with Gasteiger partial charge >= 0.3 is 0 Å². The Morgan fingerprint density at radius 2 is 2.06 bits per heavy atom. The zero-order valence-corrected chi connectivity index (χ0v) is 11.9. The fraction of sp³-hybridized carbons (Fsp3) is 0.538. The SMILES string of the molecule is CCC(NCc1nnc2ccccn12)C(C)C.Cl. The molecule has 2 heterocycles. The minimum Gasteiger partial charge on any atom is -0.307 e. The molecule has 4 nitrogen and oxygen atoms in total. The molecule has 0 aromatic carbocycles. The molecule has 5 heteroatoms. The Labute approximate surface area is 114 Å². The molecule has 0 spiro atoms. The lowest BCUT2D eigenvalue weighted by molar-refractivity contribution is 0.383. The van der Waals surface area contributed by atoms with Gasteiger partial charge in [-0.25, -0.2) is 0 Å². The Kier molecular flexibility index (Phi) is 5.56. The molecule has 1 atom stereocenters. The van der Waals surface area contributed by atoms with Gasteiger partial charge in [0.1, 0.15) is 0 Å². The van der Waals surface area contributed by atoms with Gasteiger partial charge in [0.2, 0.25) is 0 Å². The van der Waals surface area contributed by atoms with Gasteiger partial charge in [0.15, 0.2) is 11.5 Å². The van der Waals surface area contributed by atoms with E-state index in [1.54, 1.807) is 0 Å². The predicted octanol–water partition coefficient (Wildman–Crippen LogP) is 2.68. The van der Waals surface area contributed by atoms with Crippen molar-refractivity contribution in [2.45, 2.75) is 39.8 Å². The lowest BCUT2D eigenvalue weighted by Crippen LogP contribution is -2.33. The summed E-state index contributed by atoms with van der Waals surface area (Å²) in [6, 6.07) is 6.48. The first-order valence-corrected chi connectivity index (χ1v) is 6.24. The monoisotopic (exact) mass is 268 g/mol. The molecule has 0 bridgehead atoms. The zero-order chi connectivity index (χ0) is 12.3. The van der Waals surface area contributed by atoms with Crippen molar-refractivity contribution in [1.82, 2.24) is 19.9 Å².